The van der Waals surface area contributed by atoms with Crippen molar-refractivity contribution in [3.63, 3.8) is 0 Å². The molecule has 1 unspecified atom stereocenters. The van der Waals surface area contributed by atoms with Crippen molar-refractivity contribution in [3.8, 4) is 17.2 Å². The van der Waals surface area contributed by atoms with E-state index >= 15 is 0 Å². The van der Waals surface area contributed by atoms with Crippen molar-refractivity contribution in [2.24, 2.45) is 5.73 Å². The standard InChI is InChI=1S/C28H35N3O5/c1-8-34-26(32)28(5,6)36-24-18(2)14-21(15-19(24)3)16-31(7,27(29)33)17-23-20(4)35-25(30-23)22-12-10-9-11-13-22/h9-15H,8,16-17H2,1-7H3,(H-,29,33)/p+1. The van der Waals surface area contributed by atoms with Gasteiger partial charge in [-0.2, -0.15) is 0 Å². The summed E-state index contributed by atoms with van der Waals surface area (Å²) in [6.45, 7) is 11.7. The van der Waals surface area contributed by atoms with Crippen molar-refractivity contribution >= 4 is 12.0 Å². The minimum Gasteiger partial charge on any atom is -0.476 e. The van der Waals surface area contributed by atoms with Crippen LogP contribution in [0.2, 0.25) is 0 Å². The number of nitrogens with zero attached hydrogens (tertiary/aromatic N) is 2. The summed E-state index contributed by atoms with van der Waals surface area (Å²) in [4.78, 5) is 29.6. The number of carbonyl (C=O) groups excluding carboxylic acids is 2. The molecule has 0 bridgehead atoms. The Morgan fingerprint density at radius 1 is 1.06 bits per heavy atom. The first-order chi connectivity index (χ1) is 16.9. The van der Waals surface area contributed by atoms with E-state index in [9.17, 15) is 9.59 Å². The zero-order valence-electron chi connectivity index (χ0n) is 22.2. The summed E-state index contributed by atoms with van der Waals surface area (Å²) < 4.78 is 17.0. The second-order valence-electron chi connectivity index (χ2n) is 9.83. The van der Waals surface area contributed by atoms with Gasteiger partial charge in [0.1, 0.15) is 30.3 Å². The van der Waals surface area contributed by atoms with Crippen LogP contribution < -0.4 is 10.5 Å². The average Bonchev–Trinajstić information content (AvgIpc) is 3.16. The van der Waals surface area contributed by atoms with Gasteiger partial charge in [0.05, 0.1) is 13.7 Å². The van der Waals surface area contributed by atoms with Gasteiger partial charge in [-0.15, -0.1) is 0 Å². The highest BCUT2D eigenvalue weighted by molar-refractivity contribution is 5.79. The van der Waals surface area contributed by atoms with E-state index < -0.39 is 17.6 Å². The lowest BCUT2D eigenvalue weighted by atomic mass is 10.0. The average molecular weight is 495 g/mol. The third-order valence-electron chi connectivity index (χ3n) is 6.12. The van der Waals surface area contributed by atoms with E-state index in [2.05, 4.69) is 4.98 Å². The summed E-state index contributed by atoms with van der Waals surface area (Å²) in [6.07, 6.45) is 0. The largest absolute Gasteiger partial charge is 0.476 e. The van der Waals surface area contributed by atoms with E-state index in [1.807, 2.05) is 63.2 Å². The lowest BCUT2D eigenvalue weighted by molar-refractivity contribution is -0.856. The van der Waals surface area contributed by atoms with Crippen molar-refractivity contribution < 1.29 is 28.0 Å². The van der Waals surface area contributed by atoms with Crippen LogP contribution in [0.5, 0.6) is 5.75 Å². The van der Waals surface area contributed by atoms with Crippen molar-refractivity contribution in [3.05, 3.63) is 70.6 Å². The fourth-order valence-corrected chi connectivity index (χ4v) is 4.12. The smallest absolute Gasteiger partial charge is 0.414 e. The molecule has 0 fully saturated rings. The van der Waals surface area contributed by atoms with E-state index in [4.69, 9.17) is 19.6 Å². The molecule has 1 atom stereocenters. The number of quaternary nitrogens is 1. The fourth-order valence-electron chi connectivity index (χ4n) is 4.12. The predicted molar refractivity (Wildman–Crippen MR) is 137 cm³/mol. The van der Waals surface area contributed by atoms with E-state index in [-0.39, 0.29) is 17.6 Å². The Bertz CT molecular complexity index is 1230. The zero-order chi connectivity index (χ0) is 26.7. The van der Waals surface area contributed by atoms with Gasteiger partial charge in [-0.05, 0) is 76.9 Å². The SMILES string of the molecule is CCOC(=O)C(C)(C)Oc1c(C)cc(C[N+](C)(Cc2nc(-c3ccccc3)oc2C)C(N)=O)cc1C. The Morgan fingerprint density at radius 3 is 2.22 bits per heavy atom. The van der Waals surface area contributed by atoms with E-state index in [1.54, 1.807) is 27.8 Å². The van der Waals surface area contributed by atoms with Crippen LogP contribution >= 0.6 is 0 Å². The number of hydrogen-bond acceptors (Lipinski definition) is 6. The molecule has 192 valence electrons. The van der Waals surface area contributed by atoms with Crippen molar-refractivity contribution in [1.29, 1.82) is 0 Å². The molecule has 36 heavy (non-hydrogen) atoms. The van der Waals surface area contributed by atoms with Gasteiger partial charge in [0, 0.05) is 11.1 Å². The summed E-state index contributed by atoms with van der Waals surface area (Å²) in [5.41, 5.74) is 8.91. The second-order valence-corrected chi connectivity index (χ2v) is 9.83. The Balaban J connectivity index is 1.86. The number of aryl methyl sites for hydroxylation is 3. The van der Waals surface area contributed by atoms with Crippen molar-refractivity contribution in [1.82, 2.24) is 4.98 Å². The molecule has 1 heterocycles. The lowest BCUT2D eigenvalue weighted by Gasteiger charge is -2.30. The number of primary amides is 1. The number of esters is 1. The van der Waals surface area contributed by atoms with Crippen LogP contribution in [-0.2, 0) is 22.6 Å². The number of oxazole rings is 1. The summed E-state index contributed by atoms with van der Waals surface area (Å²) in [5.74, 6) is 1.35. The van der Waals surface area contributed by atoms with Crippen LogP contribution in [-0.4, -0.2) is 40.7 Å². The maximum atomic E-state index is 12.6. The molecule has 0 radical (unpaired) electrons. The molecule has 0 saturated heterocycles. The molecule has 2 N–H and O–H groups in total. The Morgan fingerprint density at radius 2 is 1.67 bits per heavy atom. The van der Waals surface area contributed by atoms with Crippen LogP contribution in [0.1, 0.15) is 48.9 Å². The molecule has 0 saturated carbocycles. The van der Waals surface area contributed by atoms with Crippen LogP contribution in [0.15, 0.2) is 46.9 Å². The van der Waals surface area contributed by atoms with Crippen molar-refractivity contribution in [2.45, 2.75) is 60.2 Å². The number of carbonyl (C=O) groups is 2. The van der Waals surface area contributed by atoms with Gasteiger partial charge >= 0.3 is 12.0 Å². The molecule has 0 aliphatic carbocycles. The van der Waals surface area contributed by atoms with Gasteiger partial charge in [-0.25, -0.2) is 19.1 Å². The fraction of sp³-hybridized carbons (Fsp3) is 0.393. The molecular weight excluding hydrogens is 458 g/mol. The third kappa shape index (κ3) is 5.94. The first-order valence-corrected chi connectivity index (χ1v) is 12.0. The lowest BCUT2D eigenvalue weighted by Crippen LogP contribution is -2.51. The number of benzene rings is 2. The molecule has 0 aliphatic heterocycles. The highest BCUT2D eigenvalue weighted by Gasteiger charge is 2.35. The zero-order valence-corrected chi connectivity index (χ0v) is 22.2. The van der Waals surface area contributed by atoms with Crippen LogP contribution in [0.3, 0.4) is 0 Å². The number of nitrogens with two attached hydrogens (primary N) is 1. The van der Waals surface area contributed by atoms with Gasteiger partial charge in [-0.1, -0.05) is 18.2 Å². The quantitative estimate of drug-likeness (QED) is 0.323. The number of rotatable bonds is 9. The van der Waals surface area contributed by atoms with E-state index in [1.165, 1.54) is 0 Å². The molecule has 8 nitrogen and oxygen atoms in total. The summed E-state index contributed by atoms with van der Waals surface area (Å²) in [7, 11) is 1.79. The molecule has 8 heteroatoms. The predicted octanol–water partition coefficient (Wildman–Crippen LogP) is 5.21. The van der Waals surface area contributed by atoms with Crippen LogP contribution in [0.4, 0.5) is 4.79 Å². The van der Waals surface area contributed by atoms with Gasteiger partial charge in [0.25, 0.3) is 0 Å². The Labute approximate surface area is 212 Å². The number of urea groups is 1. The molecular formula is C28H36N3O5+. The van der Waals surface area contributed by atoms with Gasteiger partial charge in [0.15, 0.2) is 5.60 Å². The first-order valence-electron chi connectivity index (χ1n) is 12.0. The maximum Gasteiger partial charge on any atom is 0.414 e. The summed E-state index contributed by atoms with van der Waals surface area (Å²) in [5, 5.41) is 0. The Kier molecular flexibility index (Phi) is 7.89. The molecule has 2 aromatic carbocycles. The monoisotopic (exact) mass is 494 g/mol. The molecule has 0 aliphatic rings. The highest BCUT2D eigenvalue weighted by atomic mass is 16.6. The topological polar surface area (TPSA) is 105 Å². The van der Waals surface area contributed by atoms with Crippen molar-refractivity contribution in [2.75, 3.05) is 13.7 Å². The minimum absolute atomic E-state index is 0.0883. The minimum atomic E-state index is -1.13. The third-order valence-corrected chi connectivity index (χ3v) is 6.12. The molecule has 0 spiro atoms. The highest BCUT2D eigenvalue weighted by Crippen LogP contribution is 2.31. The number of hydrogen-bond donors (Lipinski definition) is 1. The van der Waals surface area contributed by atoms with Gasteiger partial charge in [0.2, 0.25) is 5.89 Å². The molecule has 1 aromatic heterocycles. The number of ether oxygens (including phenoxy) is 2. The second kappa shape index (κ2) is 10.5. The van der Waals surface area contributed by atoms with E-state index in [0.29, 0.717) is 29.6 Å². The molecule has 3 aromatic rings. The van der Waals surface area contributed by atoms with Crippen LogP contribution in [0.25, 0.3) is 11.5 Å². The maximum absolute atomic E-state index is 12.6. The summed E-state index contributed by atoms with van der Waals surface area (Å²) in [6, 6.07) is 13.1. The number of aromatic nitrogens is 1. The van der Waals surface area contributed by atoms with Crippen LogP contribution in [0, 0.1) is 20.8 Å². The molecule has 3 rings (SSSR count). The Hall–Kier alpha value is -3.65. The first kappa shape index (κ1) is 26.9. The van der Waals surface area contributed by atoms with E-state index in [0.717, 1.165) is 22.3 Å². The molecule has 2 amide bonds. The van der Waals surface area contributed by atoms with Gasteiger partial charge < -0.3 is 19.6 Å². The number of amides is 2. The van der Waals surface area contributed by atoms with Gasteiger partial charge in [-0.3, -0.25) is 0 Å². The normalized spacial score (nSPS) is 13.2. The summed E-state index contributed by atoms with van der Waals surface area (Å²) >= 11 is 0.